The van der Waals surface area contributed by atoms with E-state index in [2.05, 4.69) is 5.32 Å². The first kappa shape index (κ1) is 15.3. The average molecular weight is 300 g/mol. The molecule has 0 radical (unpaired) electrons. The lowest BCUT2D eigenvalue weighted by Gasteiger charge is -2.21. The Bertz CT molecular complexity index is 554. The molecular weight excluding hydrogens is 285 g/mol. The minimum absolute atomic E-state index is 0.0231. The molecule has 0 aliphatic carbocycles. The third-order valence-corrected chi connectivity index (χ3v) is 3.29. The SMILES string of the molecule is CC(CN1CCCC1=O)NC(=O)c1cc(F)c(F)c(F)c1. The summed E-state index contributed by atoms with van der Waals surface area (Å²) in [7, 11) is 0. The Morgan fingerprint density at radius 1 is 1.33 bits per heavy atom. The molecule has 0 saturated carbocycles. The third kappa shape index (κ3) is 3.53. The van der Waals surface area contributed by atoms with Gasteiger partial charge in [0.2, 0.25) is 5.91 Å². The van der Waals surface area contributed by atoms with Crippen LogP contribution in [-0.2, 0) is 4.79 Å². The topological polar surface area (TPSA) is 49.4 Å². The molecule has 1 fully saturated rings. The van der Waals surface area contributed by atoms with Crippen LogP contribution in [0.2, 0.25) is 0 Å². The van der Waals surface area contributed by atoms with E-state index in [0.29, 0.717) is 31.6 Å². The van der Waals surface area contributed by atoms with Crippen molar-refractivity contribution in [1.82, 2.24) is 10.2 Å². The van der Waals surface area contributed by atoms with E-state index >= 15 is 0 Å². The molecule has 2 rings (SSSR count). The van der Waals surface area contributed by atoms with E-state index in [1.165, 1.54) is 0 Å². The van der Waals surface area contributed by atoms with E-state index in [0.717, 1.165) is 6.42 Å². The second-order valence-electron chi connectivity index (χ2n) is 5.07. The third-order valence-electron chi connectivity index (χ3n) is 3.29. The van der Waals surface area contributed by atoms with Crippen molar-refractivity contribution in [3.8, 4) is 0 Å². The van der Waals surface area contributed by atoms with Crippen LogP contribution in [-0.4, -0.2) is 35.8 Å². The second-order valence-corrected chi connectivity index (χ2v) is 5.07. The smallest absolute Gasteiger partial charge is 0.251 e. The zero-order valence-electron chi connectivity index (χ0n) is 11.5. The summed E-state index contributed by atoms with van der Waals surface area (Å²) >= 11 is 0. The lowest BCUT2D eigenvalue weighted by Crippen LogP contribution is -2.42. The van der Waals surface area contributed by atoms with E-state index in [1.807, 2.05) is 0 Å². The average Bonchev–Trinajstić information content (AvgIpc) is 2.80. The summed E-state index contributed by atoms with van der Waals surface area (Å²) in [6.45, 7) is 2.65. The first-order chi connectivity index (χ1) is 9.88. The summed E-state index contributed by atoms with van der Waals surface area (Å²) in [6, 6.07) is 0.902. The standard InChI is InChI=1S/C14H15F3N2O2/c1-8(7-19-4-2-3-12(19)20)18-14(21)9-5-10(15)13(17)11(16)6-9/h5-6,8H,2-4,7H2,1H3,(H,18,21). The molecule has 0 spiro atoms. The predicted molar refractivity (Wildman–Crippen MR) is 69.1 cm³/mol. The summed E-state index contributed by atoms with van der Waals surface area (Å²) in [6.07, 6.45) is 1.28. The lowest BCUT2D eigenvalue weighted by molar-refractivity contribution is -0.127. The lowest BCUT2D eigenvalue weighted by atomic mass is 10.1. The highest BCUT2D eigenvalue weighted by Crippen LogP contribution is 2.14. The molecule has 0 bridgehead atoms. The molecule has 1 aliphatic heterocycles. The number of nitrogens with zero attached hydrogens (tertiary/aromatic N) is 1. The summed E-state index contributed by atoms with van der Waals surface area (Å²) in [5, 5.41) is 2.53. The van der Waals surface area contributed by atoms with Gasteiger partial charge in [-0.25, -0.2) is 13.2 Å². The van der Waals surface area contributed by atoms with E-state index in [1.54, 1.807) is 11.8 Å². The number of halogens is 3. The Hall–Kier alpha value is -2.05. The van der Waals surface area contributed by atoms with E-state index in [-0.39, 0.29) is 17.5 Å². The quantitative estimate of drug-likeness (QED) is 0.863. The summed E-state index contributed by atoms with van der Waals surface area (Å²) in [5.41, 5.74) is -0.300. The van der Waals surface area contributed by atoms with Crippen LogP contribution in [0.5, 0.6) is 0 Å². The van der Waals surface area contributed by atoms with Crippen molar-refractivity contribution in [2.24, 2.45) is 0 Å². The van der Waals surface area contributed by atoms with Crippen LogP contribution in [0.1, 0.15) is 30.1 Å². The molecule has 1 atom stereocenters. The van der Waals surface area contributed by atoms with Gasteiger partial charge < -0.3 is 10.2 Å². The van der Waals surface area contributed by atoms with Gasteiger partial charge >= 0.3 is 0 Å². The number of likely N-dealkylation sites (tertiary alicyclic amines) is 1. The minimum atomic E-state index is -1.61. The van der Waals surface area contributed by atoms with Gasteiger partial charge in [0, 0.05) is 31.1 Å². The van der Waals surface area contributed by atoms with Crippen LogP contribution in [0, 0.1) is 17.5 Å². The van der Waals surface area contributed by atoms with Crippen molar-refractivity contribution in [1.29, 1.82) is 0 Å². The first-order valence-electron chi connectivity index (χ1n) is 6.61. The van der Waals surface area contributed by atoms with Crippen LogP contribution < -0.4 is 5.32 Å². The Kier molecular flexibility index (Phi) is 4.50. The number of amides is 2. The van der Waals surface area contributed by atoms with Gasteiger partial charge in [-0.15, -0.1) is 0 Å². The Balaban J connectivity index is 1.99. The molecule has 1 saturated heterocycles. The molecule has 2 amide bonds. The summed E-state index contributed by atoms with van der Waals surface area (Å²) in [4.78, 5) is 24.9. The molecule has 114 valence electrons. The minimum Gasteiger partial charge on any atom is -0.348 e. The fourth-order valence-electron chi connectivity index (χ4n) is 2.27. The molecular formula is C14H15F3N2O2. The van der Waals surface area contributed by atoms with Crippen molar-refractivity contribution in [2.45, 2.75) is 25.8 Å². The van der Waals surface area contributed by atoms with Gasteiger partial charge in [0.15, 0.2) is 17.5 Å². The van der Waals surface area contributed by atoms with Crippen molar-refractivity contribution in [2.75, 3.05) is 13.1 Å². The molecule has 1 N–H and O–H groups in total. The number of nitrogens with one attached hydrogen (secondary N) is 1. The number of carbonyl (C=O) groups excluding carboxylic acids is 2. The fourth-order valence-corrected chi connectivity index (χ4v) is 2.27. The maximum absolute atomic E-state index is 13.1. The van der Waals surface area contributed by atoms with Gasteiger partial charge in [-0.1, -0.05) is 0 Å². The Labute approximate surface area is 119 Å². The molecule has 4 nitrogen and oxygen atoms in total. The molecule has 1 heterocycles. The molecule has 1 aromatic rings. The zero-order valence-corrected chi connectivity index (χ0v) is 11.5. The van der Waals surface area contributed by atoms with Crippen LogP contribution >= 0.6 is 0 Å². The van der Waals surface area contributed by atoms with Crippen LogP contribution in [0.4, 0.5) is 13.2 Å². The molecule has 1 aromatic carbocycles. The highest BCUT2D eigenvalue weighted by Gasteiger charge is 2.23. The highest BCUT2D eigenvalue weighted by atomic mass is 19.2. The van der Waals surface area contributed by atoms with E-state index in [9.17, 15) is 22.8 Å². The molecule has 21 heavy (non-hydrogen) atoms. The predicted octanol–water partition coefficient (Wildman–Crippen LogP) is 1.84. The largest absolute Gasteiger partial charge is 0.348 e. The van der Waals surface area contributed by atoms with E-state index < -0.39 is 23.4 Å². The molecule has 0 aromatic heterocycles. The first-order valence-corrected chi connectivity index (χ1v) is 6.61. The van der Waals surface area contributed by atoms with Crippen LogP contribution in [0.3, 0.4) is 0 Å². The van der Waals surface area contributed by atoms with Gasteiger partial charge in [0.05, 0.1) is 0 Å². The van der Waals surface area contributed by atoms with Gasteiger partial charge in [0.25, 0.3) is 5.91 Å². The Morgan fingerprint density at radius 3 is 2.48 bits per heavy atom. The molecule has 1 unspecified atom stereocenters. The number of rotatable bonds is 4. The highest BCUT2D eigenvalue weighted by molar-refractivity contribution is 5.94. The van der Waals surface area contributed by atoms with Crippen molar-refractivity contribution < 1.29 is 22.8 Å². The monoisotopic (exact) mass is 300 g/mol. The number of carbonyl (C=O) groups is 2. The number of hydrogen-bond donors (Lipinski definition) is 1. The van der Waals surface area contributed by atoms with Gasteiger partial charge in [0.1, 0.15) is 0 Å². The zero-order chi connectivity index (χ0) is 15.6. The van der Waals surface area contributed by atoms with Crippen LogP contribution in [0.15, 0.2) is 12.1 Å². The molecule has 1 aliphatic rings. The maximum Gasteiger partial charge on any atom is 0.251 e. The van der Waals surface area contributed by atoms with Gasteiger partial charge in [-0.05, 0) is 25.5 Å². The van der Waals surface area contributed by atoms with Crippen molar-refractivity contribution in [3.05, 3.63) is 35.1 Å². The summed E-state index contributed by atoms with van der Waals surface area (Å²) in [5.74, 6) is -5.13. The summed E-state index contributed by atoms with van der Waals surface area (Å²) < 4.78 is 39.0. The van der Waals surface area contributed by atoms with Gasteiger partial charge in [-0.3, -0.25) is 9.59 Å². The second kappa shape index (κ2) is 6.15. The van der Waals surface area contributed by atoms with Gasteiger partial charge in [-0.2, -0.15) is 0 Å². The number of benzene rings is 1. The normalized spacial score (nSPS) is 16.2. The fraction of sp³-hybridized carbons (Fsp3) is 0.429. The maximum atomic E-state index is 13.1. The van der Waals surface area contributed by atoms with Crippen LogP contribution in [0.25, 0.3) is 0 Å². The van der Waals surface area contributed by atoms with E-state index in [4.69, 9.17) is 0 Å². The van der Waals surface area contributed by atoms with Crippen molar-refractivity contribution in [3.63, 3.8) is 0 Å². The van der Waals surface area contributed by atoms with Crippen molar-refractivity contribution >= 4 is 11.8 Å². The Morgan fingerprint density at radius 2 is 1.95 bits per heavy atom. The number of hydrogen-bond acceptors (Lipinski definition) is 2. The molecule has 7 heteroatoms.